The molecule has 34 heavy (non-hydrogen) atoms. The number of anilines is 1. The molecule has 3 heterocycles. The normalized spacial score (nSPS) is 17.1. The highest BCUT2D eigenvalue weighted by Gasteiger charge is 2.26. The first kappa shape index (κ1) is 22.8. The molecule has 1 aliphatic carbocycles. The number of rotatable bonds is 6. The fraction of sp³-hybridized carbons (Fsp3) is 0.444. The molecule has 3 aromatic rings. The number of H-pyrrole nitrogens is 1. The number of hydrogen-bond donors (Lipinski definition) is 2. The second-order valence-electron chi connectivity index (χ2n) is 9.50. The van der Waals surface area contributed by atoms with Crippen molar-refractivity contribution in [2.24, 2.45) is 5.92 Å². The third-order valence-corrected chi connectivity index (χ3v) is 8.01. The van der Waals surface area contributed by atoms with Gasteiger partial charge in [0, 0.05) is 36.5 Å². The van der Waals surface area contributed by atoms with Crippen molar-refractivity contribution in [2.75, 3.05) is 24.5 Å². The van der Waals surface area contributed by atoms with Crippen LogP contribution in [-0.4, -0.2) is 35.5 Å². The molecule has 0 radical (unpaired) electrons. The minimum Gasteiger partial charge on any atom is -0.356 e. The lowest BCUT2D eigenvalue weighted by Gasteiger charge is -2.31. The maximum absolute atomic E-state index is 12.8. The maximum atomic E-state index is 12.8. The van der Waals surface area contributed by atoms with Gasteiger partial charge in [-0.3, -0.25) is 14.6 Å². The largest absolute Gasteiger partial charge is 0.356 e. The van der Waals surface area contributed by atoms with E-state index in [4.69, 9.17) is 4.98 Å². The summed E-state index contributed by atoms with van der Waals surface area (Å²) in [5, 5.41) is 5.16. The van der Waals surface area contributed by atoms with Crippen LogP contribution in [0.5, 0.6) is 0 Å². The van der Waals surface area contributed by atoms with Crippen molar-refractivity contribution >= 4 is 33.4 Å². The van der Waals surface area contributed by atoms with Crippen LogP contribution in [0.1, 0.15) is 50.5 Å². The predicted octanol–water partition coefficient (Wildman–Crippen LogP) is 5.18. The number of fused-ring (bicyclic) bond motifs is 1. The summed E-state index contributed by atoms with van der Waals surface area (Å²) < 4.78 is 0.655. The number of thiophene rings is 1. The molecule has 1 aliphatic heterocycles. The zero-order valence-corrected chi connectivity index (χ0v) is 20.5. The van der Waals surface area contributed by atoms with Gasteiger partial charge in [0.25, 0.3) is 5.56 Å². The smallest absolute Gasteiger partial charge is 0.270 e. The number of amides is 1. The quantitative estimate of drug-likeness (QED) is 0.481. The third kappa shape index (κ3) is 4.94. The maximum Gasteiger partial charge on any atom is 0.270 e. The van der Waals surface area contributed by atoms with Crippen molar-refractivity contribution in [1.29, 1.82) is 0 Å². The van der Waals surface area contributed by atoms with Gasteiger partial charge >= 0.3 is 0 Å². The highest BCUT2D eigenvalue weighted by Crippen LogP contribution is 2.32. The molecule has 0 spiro atoms. The van der Waals surface area contributed by atoms with E-state index < -0.39 is 0 Å². The number of hydrogen-bond acceptors (Lipinski definition) is 5. The van der Waals surface area contributed by atoms with E-state index in [1.807, 2.05) is 11.4 Å². The lowest BCUT2D eigenvalue weighted by Crippen LogP contribution is -2.41. The average Bonchev–Trinajstić information content (AvgIpc) is 3.29. The Bertz CT molecular complexity index is 1270. The van der Waals surface area contributed by atoms with Gasteiger partial charge in [0.05, 0.1) is 5.52 Å². The predicted molar refractivity (Wildman–Crippen MR) is 140 cm³/mol. The third-order valence-electron chi connectivity index (χ3n) is 7.04. The van der Waals surface area contributed by atoms with Crippen molar-refractivity contribution in [3.8, 4) is 11.1 Å². The Balaban J connectivity index is 1.24. The molecule has 6 nitrogen and oxygen atoms in total. The standard InChI is InChI=1S/C27H32N4O2S/c1-18-6-5-9-21(16-18)22-17-34-24-23(22)29-27(30-26(24)33)31-14-11-20(12-15-31)25(32)28-13-10-19-7-3-2-4-8-19/h5-7,9,16-17,20H,2-4,8,10-15H2,1H3,(H,28,32)(H,29,30,33). The summed E-state index contributed by atoms with van der Waals surface area (Å²) in [7, 11) is 0. The Morgan fingerprint density at radius 3 is 2.88 bits per heavy atom. The number of aryl methyl sites for hydroxylation is 1. The van der Waals surface area contributed by atoms with Crippen molar-refractivity contribution in [3.63, 3.8) is 0 Å². The van der Waals surface area contributed by atoms with E-state index in [1.165, 1.54) is 48.2 Å². The Kier molecular flexibility index (Phi) is 6.81. The molecule has 0 unspecified atom stereocenters. The molecule has 0 bridgehead atoms. The number of piperidine rings is 1. The fourth-order valence-corrected chi connectivity index (χ4v) is 5.97. The molecule has 1 aromatic carbocycles. The van der Waals surface area contributed by atoms with Gasteiger partial charge in [-0.1, -0.05) is 41.5 Å². The molecule has 5 rings (SSSR count). The molecule has 1 saturated heterocycles. The Hall–Kier alpha value is -2.93. The van der Waals surface area contributed by atoms with Crippen molar-refractivity contribution in [2.45, 2.75) is 51.9 Å². The Morgan fingerprint density at radius 1 is 1.26 bits per heavy atom. The van der Waals surface area contributed by atoms with Gasteiger partial charge in [0.15, 0.2) is 0 Å². The first-order valence-corrected chi connectivity index (χ1v) is 13.3. The molecule has 2 N–H and O–H groups in total. The van der Waals surface area contributed by atoms with Crippen molar-refractivity contribution in [3.05, 3.63) is 57.2 Å². The number of benzene rings is 1. The summed E-state index contributed by atoms with van der Waals surface area (Å²) in [5.74, 6) is 0.788. The second kappa shape index (κ2) is 10.1. The zero-order valence-electron chi connectivity index (χ0n) is 19.7. The Morgan fingerprint density at radius 2 is 2.12 bits per heavy atom. The van der Waals surface area contributed by atoms with Gasteiger partial charge in [0.2, 0.25) is 11.9 Å². The SMILES string of the molecule is Cc1cccc(-c2csc3c(=O)[nH]c(N4CCC(C(=O)NCCC5=CCCCC5)CC4)nc23)c1. The molecular weight excluding hydrogens is 444 g/mol. The molecule has 2 aliphatic rings. The van der Waals surface area contributed by atoms with Crippen LogP contribution in [-0.2, 0) is 4.79 Å². The van der Waals surface area contributed by atoms with Crippen molar-refractivity contribution in [1.82, 2.24) is 15.3 Å². The van der Waals surface area contributed by atoms with Gasteiger partial charge in [-0.15, -0.1) is 11.3 Å². The van der Waals surface area contributed by atoms with Gasteiger partial charge in [0.1, 0.15) is 4.70 Å². The van der Waals surface area contributed by atoms with E-state index in [-0.39, 0.29) is 17.4 Å². The summed E-state index contributed by atoms with van der Waals surface area (Å²) >= 11 is 1.44. The number of allylic oxidation sites excluding steroid dienone is 1. The van der Waals surface area contributed by atoms with Gasteiger partial charge in [-0.25, -0.2) is 4.98 Å². The summed E-state index contributed by atoms with van der Waals surface area (Å²) in [4.78, 5) is 35.4. The highest BCUT2D eigenvalue weighted by molar-refractivity contribution is 7.17. The minimum atomic E-state index is -0.0965. The van der Waals surface area contributed by atoms with Crippen LogP contribution in [0.4, 0.5) is 5.95 Å². The van der Waals surface area contributed by atoms with Crippen LogP contribution < -0.4 is 15.8 Å². The monoisotopic (exact) mass is 476 g/mol. The topological polar surface area (TPSA) is 78.1 Å². The number of aromatic nitrogens is 2. The molecule has 178 valence electrons. The molecule has 0 atom stereocenters. The van der Waals surface area contributed by atoms with Crippen LogP contribution >= 0.6 is 11.3 Å². The summed E-state index contributed by atoms with van der Waals surface area (Å²) in [6, 6.07) is 8.28. The van der Waals surface area contributed by atoms with E-state index in [1.54, 1.807) is 0 Å². The molecular formula is C27H32N4O2S. The number of carbonyl (C=O) groups is 1. The van der Waals surface area contributed by atoms with Crippen LogP contribution in [0.25, 0.3) is 21.3 Å². The molecule has 7 heteroatoms. The van der Waals surface area contributed by atoms with E-state index in [0.717, 1.165) is 42.5 Å². The van der Waals surface area contributed by atoms with Crippen LogP contribution in [0.2, 0.25) is 0 Å². The van der Waals surface area contributed by atoms with Crippen LogP contribution in [0, 0.1) is 12.8 Å². The van der Waals surface area contributed by atoms with Gasteiger partial charge < -0.3 is 10.2 Å². The summed E-state index contributed by atoms with van der Waals surface area (Å²) in [5.41, 5.74) is 5.41. The summed E-state index contributed by atoms with van der Waals surface area (Å²) in [6.45, 7) is 4.22. The van der Waals surface area contributed by atoms with E-state index in [9.17, 15) is 9.59 Å². The first-order chi connectivity index (χ1) is 16.6. The number of carbonyl (C=O) groups excluding carboxylic acids is 1. The Labute approximate surface area is 204 Å². The highest BCUT2D eigenvalue weighted by atomic mass is 32.1. The lowest BCUT2D eigenvalue weighted by molar-refractivity contribution is -0.125. The summed E-state index contributed by atoms with van der Waals surface area (Å²) in [6.07, 6.45) is 9.78. The molecule has 1 fully saturated rings. The number of nitrogens with one attached hydrogen (secondary N) is 2. The number of aromatic amines is 1. The molecule has 1 amide bonds. The first-order valence-electron chi connectivity index (χ1n) is 12.4. The van der Waals surface area contributed by atoms with E-state index in [0.29, 0.717) is 23.7 Å². The average molecular weight is 477 g/mol. The molecule has 2 aromatic heterocycles. The van der Waals surface area contributed by atoms with E-state index in [2.05, 4.69) is 46.4 Å². The minimum absolute atomic E-state index is 0.0241. The van der Waals surface area contributed by atoms with Crippen molar-refractivity contribution < 1.29 is 4.79 Å². The van der Waals surface area contributed by atoms with Crippen LogP contribution in [0.15, 0.2) is 46.1 Å². The van der Waals surface area contributed by atoms with E-state index >= 15 is 0 Å². The molecule has 0 saturated carbocycles. The van der Waals surface area contributed by atoms with Gasteiger partial charge in [-0.05, 0) is 57.4 Å². The number of nitrogens with zero attached hydrogens (tertiary/aromatic N) is 2. The zero-order chi connectivity index (χ0) is 23.5. The fourth-order valence-electron chi connectivity index (χ4n) is 5.06. The second-order valence-corrected chi connectivity index (χ2v) is 10.4. The lowest BCUT2D eigenvalue weighted by atomic mass is 9.95. The van der Waals surface area contributed by atoms with Gasteiger partial charge in [-0.2, -0.15) is 0 Å². The van der Waals surface area contributed by atoms with Crippen LogP contribution in [0.3, 0.4) is 0 Å².